The van der Waals surface area contributed by atoms with Gasteiger partial charge in [0.05, 0.1) is 16.1 Å². The fraction of sp³-hybridized carbons (Fsp3) is 0.250. The molecular formula is C8H8ClN3S2. The van der Waals surface area contributed by atoms with Gasteiger partial charge in [0.25, 0.3) is 0 Å². The van der Waals surface area contributed by atoms with Crippen molar-refractivity contribution in [3.63, 3.8) is 0 Å². The van der Waals surface area contributed by atoms with Crippen molar-refractivity contribution in [3.05, 3.63) is 32.4 Å². The van der Waals surface area contributed by atoms with Crippen LogP contribution < -0.4 is 5.73 Å². The molecule has 2 rings (SSSR count). The van der Waals surface area contributed by atoms with Crippen molar-refractivity contribution >= 4 is 34.5 Å². The molecular weight excluding hydrogens is 238 g/mol. The Morgan fingerprint density at radius 3 is 2.93 bits per heavy atom. The van der Waals surface area contributed by atoms with E-state index in [1.807, 2.05) is 17.5 Å². The van der Waals surface area contributed by atoms with E-state index in [0.29, 0.717) is 0 Å². The van der Waals surface area contributed by atoms with Gasteiger partial charge in [-0.15, -0.1) is 16.4 Å². The van der Waals surface area contributed by atoms with Gasteiger partial charge in [0, 0.05) is 16.7 Å². The third-order valence-electron chi connectivity index (χ3n) is 1.81. The van der Waals surface area contributed by atoms with Gasteiger partial charge in [-0.3, -0.25) is 0 Å². The zero-order valence-electron chi connectivity index (χ0n) is 7.18. The Labute approximate surface area is 94.7 Å². The number of rotatable bonds is 3. The van der Waals surface area contributed by atoms with Gasteiger partial charge in [0.2, 0.25) is 0 Å². The number of thiophene rings is 1. The second kappa shape index (κ2) is 4.35. The van der Waals surface area contributed by atoms with Gasteiger partial charge in [-0.2, -0.15) is 0 Å². The Morgan fingerprint density at radius 2 is 2.36 bits per heavy atom. The second-order valence-corrected chi connectivity index (χ2v) is 5.26. The first-order valence-corrected chi connectivity index (χ1v) is 6.05. The lowest BCUT2D eigenvalue weighted by Gasteiger charge is -2.04. The molecule has 0 aliphatic rings. The van der Waals surface area contributed by atoms with Crippen LogP contribution in [0.15, 0.2) is 17.5 Å². The minimum absolute atomic E-state index is 0.0801. The highest BCUT2D eigenvalue weighted by Crippen LogP contribution is 2.25. The fourth-order valence-corrected chi connectivity index (χ4v) is 2.78. The molecule has 2 aromatic heterocycles. The average molecular weight is 246 g/mol. The smallest absolute Gasteiger partial charge is 0.0931 e. The molecule has 0 saturated heterocycles. The third-order valence-corrected chi connectivity index (χ3v) is 3.58. The molecule has 0 fully saturated rings. The highest BCUT2D eigenvalue weighted by atomic mass is 35.5. The first kappa shape index (κ1) is 10.0. The Morgan fingerprint density at radius 1 is 1.50 bits per heavy atom. The molecule has 2 aromatic rings. The molecule has 14 heavy (non-hydrogen) atoms. The standard InChI is InChI=1S/C8H8ClN3S2/c9-8-2-1-5(14-8)3-6(10)7-4-13-12-11-7/h1-2,4,6H,3,10H2. The molecule has 3 nitrogen and oxygen atoms in total. The minimum atomic E-state index is -0.0801. The van der Waals surface area contributed by atoms with Gasteiger partial charge >= 0.3 is 0 Å². The van der Waals surface area contributed by atoms with E-state index in [1.165, 1.54) is 16.4 Å². The monoisotopic (exact) mass is 245 g/mol. The molecule has 1 unspecified atom stereocenters. The lowest BCUT2D eigenvalue weighted by Crippen LogP contribution is -2.13. The predicted molar refractivity (Wildman–Crippen MR) is 59.9 cm³/mol. The molecule has 2 N–H and O–H groups in total. The van der Waals surface area contributed by atoms with E-state index in [4.69, 9.17) is 17.3 Å². The molecule has 0 aliphatic carbocycles. The summed E-state index contributed by atoms with van der Waals surface area (Å²) in [6, 6.07) is 3.80. The molecule has 0 aromatic carbocycles. The van der Waals surface area contributed by atoms with Gasteiger partial charge < -0.3 is 5.73 Å². The second-order valence-electron chi connectivity index (χ2n) is 2.85. The van der Waals surface area contributed by atoms with E-state index in [2.05, 4.69) is 9.59 Å². The van der Waals surface area contributed by atoms with E-state index >= 15 is 0 Å². The highest BCUT2D eigenvalue weighted by molar-refractivity contribution is 7.16. The lowest BCUT2D eigenvalue weighted by atomic mass is 10.1. The maximum absolute atomic E-state index is 5.95. The molecule has 2 heterocycles. The van der Waals surface area contributed by atoms with Crippen molar-refractivity contribution < 1.29 is 0 Å². The molecule has 0 radical (unpaired) electrons. The molecule has 0 spiro atoms. The average Bonchev–Trinajstić information content (AvgIpc) is 2.75. The van der Waals surface area contributed by atoms with Crippen molar-refractivity contribution in [1.29, 1.82) is 0 Å². The Hall–Kier alpha value is -0.490. The van der Waals surface area contributed by atoms with E-state index < -0.39 is 0 Å². The summed E-state index contributed by atoms with van der Waals surface area (Å²) in [5, 5.41) is 5.81. The first-order valence-electron chi connectivity index (χ1n) is 4.02. The van der Waals surface area contributed by atoms with Crippen molar-refractivity contribution in [2.24, 2.45) is 5.73 Å². The van der Waals surface area contributed by atoms with E-state index in [-0.39, 0.29) is 6.04 Å². The summed E-state index contributed by atoms with van der Waals surface area (Å²) in [5.41, 5.74) is 6.80. The quantitative estimate of drug-likeness (QED) is 0.904. The largest absolute Gasteiger partial charge is 0.322 e. The van der Waals surface area contributed by atoms with Crippen LogP contribution in [0.3, 0.4) is 0 Å². The number of nitrogens with two attached hydrogens (primary N) is 1. The zero-order valence-corrected chi connectivity index (χ0v) is 9.57. The van der Waals surface area contributed by atoms with E-state index in [9.17, 15) is 0 Å². The topological polar surface area (TPSA) is 51.8 Å². The molecule has 1 atom stereocenters. The van der Waals surface area contributed by atoms with E-state index in [0.717, 1.165) is 16.5 Å². The van der Waals surface area contributed by atoms with Crippen LogP contribution in [0.25, 0.3) is 0 Å². The fourth-order valence-electron chi connectivity index (χ4n) is 1.12. The van der Waals surface area contributed by atoms with Gasteiger partial charge in [-0.05, 0) is 23.7 Å². The van der Waals surface area contributed by atoms with Crippen LogP contribution in [-0.4, -0.2) is 9.59 Å². The summed E-state index contributed by atoms with van der Waals surface area (Å²) in [6.45, 7) is 0. The highest BCUT2D eigenvalue weighted by Gasteiger charge is 2.10. The van der Waals surface area contributed by atoms with Gasteiger partial charge in [-0.25, -0.2) is 0 Å². The maximum atomic E-state index is 5.95. The van der Waals surface area contributed by atoms with Crippen molar-refractivity contribution in [2.45, 2.75) is 12.5 Å². The number of nitrogens with zero attached hydrogens (tertiary/aromatic N) is 2. The maximum Gasteiger partial charge on any atom is 0.0931 e. The number of hydrogen-bond donors (Lipinski definition) is 1. The summed E-state index contributed by atoms with van der Waals surface area (Å²) in [4.78, 5) is 1.18. The number of hydrogen-bond acceptors (Lipinski definition) is 5. The summed E-state index contributed by atoms with van der Waals surface area (Å²) in [7, 11) is 0. The van der Waals surface area contributed by atoms with E-state index in [1.54, 1.807) is 11.3 Å². The molecule has 0 aliphatic heterocycles. The Balaban J connectivity index is 2.05. The van der Waals surface area contributed by atoms with Gasteiger partial charge in [0.1, 0.15) is 0 Å². The summed E-state index contributed by atoms with van der Waals surface area (Å²) >= 11 is 8.69. The van der Waals surface area contributed by atoms with Crippen LogP contribution in [0.4, 0.5) is 0 Å². The van der Waals surface area contributed by atoms with Crippen molar-refractivity contribution in [1.82, 2.24) is 9.59 Å². The van der Waals surface area contributed by atoms with Crippen LogP contribution in [-0.2, 0) is 6.42 Å². The van der Waals surface area contributed by atoms with Gasteiger partial charge in [0.15, 0.2) is 0 Å². The first-order chi connectivity index (χ1) is 6.75. The Bertz CT molecular complexity index is 398. The molecule has 0 amide bonds. The van der Waals surface area contributed by atoms with Crippen LogP contribution >= 0.6 is 34.5 Å². The number of aromatic nitrogens is 2. The number of halogens is 1. The van der Waals surface area contributed by atoms with Crippen LogP contribution in [0.1, 0.15) is 16.6 Å². The summed E-state index contributed by atoms with van der Waals surface area (Å²) in [6.07, 6.45) is 0.767. The van der Waals surface area contributed by atoms with Crippen LogP contribution in [0.5, 0.6) is 0 Å². The Kier molecular flexibility index (Phi) is 3.12. The molecule has 0 bridgehead atoms. The molecule has 6 heteroatoms. The summed E-state index contributed by atoms with van der Waals surface area (Å²) in [5.74, 6) is 0. The van der Waals surface area contributed by atoms with Gasteiger partial charge in [-0.1, -0.05) is 16.1 Å². The summed E-state index contributed by atoms with van der Waals surface area (Å²) < 4.78 is 4.57. The third kappa shape index (κ3) is 2.30. The van der Waals surface area contributed by atoms with Crippen LogP contribution in [0.2, 0.25) is 4.34 Å². The zero-order chi connectivity index (χ0) is 9.97. The van der Waals surface area contributed by atoms with Crippen molar-refractivity contribution in [2.75, 3.05) is 0 Å². The molecule has 74 valence electrons. The molecule has 0 saturated carbocycles. The minimum Gasteiger partial charge on any atom is -0.322 e. The lowest BCUT2D eigenvalue weighted by molar-refractivity contribution is 0.699. The predicted octanol–water partition coefficient (Wildman–Crippen LogP) is 2.50. The SMILES string of the molecule is NC(Cc1ccc(Cl)s1)c1csnn1. The normalized spacial score (nSPS) is 13.0. The van der Waals surface area contributed by atoms with Crippen LogP contribution in [0, 0.1) is 0 Å². The van der Waals surface area contributed by atoms with Crippen molar-refractivity contribution in [3.8, 4) is 0 Å².